The second kappa shape index (κ2) is 4.57. The van der Waals surface area contributed by atoms with Crippen molar-refractivity contribution in [2.75, 3.05) is 0 Å². The van der Waals surface area contributed by atoms with E-state index in [2.05, 4.69) is 4.98 Å². The molecular formula is C8H4F3N3O2. The Morgan fingerprint density at radius 3 is 2.69 bits per heavy atom. The van der Waals surface area contributed by atoms with Gasteiger partial charge in [0.2, 0.25) is 5.95 Å². The fourth-order valence-electron chi connectivity index (χ4n) is 1.05. The van der Waals surface area contributed by atoms with Crippen LogP contribution in [0.1, 0.15) is 17.7 Å². The molecule has 8 heteroatoms. The smallest absolute Gasteiger partial charge is 0.258 e. The van der Waals surface area contributed by atoms with Gasteiger partial charge in [-0.2, -0.15) is 9.65 Å². The van der Waals surface area contributed by atoms with Crippen molar-refractivity contribution < 1.29 is 18.1 Å². The lowest BCUT2D eigenvalue weighted by Crippen LogP contribution is -2.04. The lowest BCUT2D eigenvalue weighted by Gasteiger charge is -2.03. The van der Waals surface area contributed by atoms with Crippen LogP contribution in [0.25, 0.3) is 0 Å². The molecule has 0 atom stereocenters. The molecule has 0 fully saturated rings. The van der Waals surface area contributed by atoms with E-state index in [1.165, 1.54) is 0 Å². The van der Waals surface area contributed by atoms with Crippen LogP contribution in [0.15, 0.2) is 6.07 Å². The summed E-state index contributed by atoms with van der Waals surface area (Å²) < 4.78 is 37.6. The molecule has 1 aromatic heterocycles. The first-order valence-corrected chi connectivity index (χ1v) is 3.96. The van der Waals surface area contributed by atoms with Gasteiger partial charge in [0.05, 0.1) is 17.4 Å². The van der Waals surface area contributed by atoms with Crippen LogP contribution in [0.4, 0.5) is 18.9 Å². The summed E-state index contributed by atoms with van der Waals surface area (Å²) in [5.74, 6) is -1.29. The Bertz CT molecular complexity index is 470. The van der Waals surface area contributed by atoms with Gasteiger partial charge in [0, 0.05) is 11.6 Å². The van der Waals surface area contributed by atoms with Gasteiger partial charge >= 0.3 is 0 Å². The number of nitrogens with zero attached hydrogens (tertiary/aromatic N) is 3. The first-order valence-electron chi connectivity index (χ1n) is 3.96. The highest BCUT2D eigenvalue weighted by Gasteiger charge is 2.26. The van der Waals surface area contributed by atoms with E-state index < -0.39 is 35.1 Å². The predicted molar refractivity (Wildman–Crippen MR) is 45.1 cm³/mol. The second-order valence-corrected chi connectivity index (χ2v) is 2.74. The maximum Gasteiger partial charge on any atom is 0.297 e. The number of nitro groups is 1. The van der Waals surface area contributed by atoms with Crippen LogP contribution in [0.2, 0.25) is 0 Å². The zero-order chi connectivity index (χ0) is 12.3. The maximum absolute atomic E-state index is 13.0. The van der Waals surface area contributed by atoms with Gasteiger partial charge in [-0.05, 0) is 0 Å². The molecule has 0 unspecified atom stereocenters. The molecule has 0 aromatic carbocycles. The lowest BCUT2D eigenvalue weighted by molar-refractivity contribution is -0.386. The Labute approximate surface area is 87.3 Å². The topological polar surface area (TPSA) is 79.8 Å². The molecule has 0 aliphatic rings. The third-order valence-electron chi connectivity index (χ3n) is 1.73. The van der Waals surface area contributed by atoms with Crippen LogP contribution >= 0.6 is 0 Å². The molecule has 0 amide bonds. The molecule has 5 nitrogen and oxygen atoms in total. The van der Waals surface area contributed by atoms with Crippen molar-refractivity contribution in [2.24, 2.45) is 0 Å². The normalized spacial score (nSPS) is 10.2. The minimum atomic E-state index is -3.24. The molecule has 1 heterocycles. The highest BCUT2D eigenvalue weighted by atomic mass is 19.3. The largest absolute Gasteiger partial charge is 0.297 e. The summed E-state index contributed by atoms with van der Waals surface area (Å²) in [6, 6.07) is 2.15. The van der Waals surface area contributed by atoms with Crippen molar-refractivity contribution in [3.8, 4) is 6.07 Å². The average molecular weight is 231 g/mol. The highest BCUT2D eigenvalue weighted by molar-refractivity contribution is 5.40. The minimum Gasteiger partial charge on any atom is -0.258 e. The summed E-state index contributed by atoms with van der Waals surface area (Å²) in [7, 11) is 0. The van der Waals surface area contributed by atoms with E-state index in [0.29, 0.717) is 6.07 Å². The molecule has 84 valence electrons. The maximum atomic E-state index is 13.0. The van der Waals surface area contributed by atoms with Crippen LogP contribution in [0.5, 0.6) is 0 Å². The summed E-state index contributed by atoms with van der Waals surface area (Å²) in [6.07, 6.45) is -3.71. The van der Waals surface area contributed by atoms with Gasteiger partial charge in [0.15, 0.2) is 5.69 Å². The SMILES string of the molecule is N#CCc1cc([N+](=O)[O-])c(C(F)F)nc1F. The molecular weight excluding hydrogens is 227 g/mol. The number of hydrogen-bond acceptors (Lipinski definition) is 4. The van der Waals surface area contributed by atoms with Gasteiger partial charge in [0.1, 0.15) is 0 Å². The fraction of sp³-hybridized carbons (Fsp3) is 0.250. The molecule has 1 aromatic rings. The standard InChI is InChI=1S/C8H4F3N3O2/c9-7(10)6-5(14(15)16)3-4(1-2-12)8(11)13-6/h3,7H,1H2. The molecule has 0 aliphatic heterocycles. The van der Waals surface area contributed by atoms with Crippen LogP contribution in [-0.4, -0.2) is 9.91 Å². The zero-order valence-corrected chi connectivity index (χ0v) is 7.65. The monoisotopic (exact) mass is 231 g/mol. The van der Waals surface area contributed by atoms with E-state index in [-0.39, 0.29) is 5.56 Å². The van der Waals surface area contributed by atoms with Crippen molar-refractivity contribution in [3.05, 3.63) is 33.4 Å². The molecule has 0 saturated carbocycles. The average Bonchev–Trinajstić information content (AvgIpc) is 2.20. The summed E-state index contributed by atoms with van der Waals surface area (Å²) >= 11 is 0. The van der Waals surface area contributed by atoms with Gasteiger partial charge in [-0.25, -0.2) is 13.8 Å². The molecule has 0 spiro atoms. The summed E-state index contributed by atoms with van der Waals surface area (Å²) in [4.78, 5) is 12.1. The Kier molecular flexibility index (Phi) is 3.40. The molecule has 0 radical (unpaired) electrons. The summed E-state index contributed by atoms with van der Waals surface area (Å²) in [5.41, 5.74) is -2.59. The van der Waals surface area contributed by atoms with Gasteiger partial charge in [-0.15, -0.1) is 0 Å². The van der Waals surface area contributed by atoms with Crippen LogP contribution in [0, 0.1) is 27.4 Å². The molecule has 0 N–H and O–H groups in total. The van der Waals surface area contributed by atoms with Crippen LogP contribution in [0.3, 0.4) is 0 Å². The molecule has 0 aliphatic carbocycles. The van der Waals surface area contributed by atoms with E-state index in [1.807, 2.05) is 0 Å². The van der Waals surface area contributed by atoms with Crippen LogP contribution in [-0.2, 0) is 6.42 Å². The second-order valence-electron chi connectivity index (χ2n) is 2.74. The lowest BCUT2D eigenvalue weighted by atomic mass is 10.1. The third-order valence-corrected chi connectivity index (χ3v) is 1.73. The Hall–Kier alpha value is -2.17. The Morgan fingerprint density at radius 2 is 2.25 bits per heavy atom. The number of alkyl halides is 2. The predicted octanol–water partition coefficient (Wildman–Crippen LogP) is 2.13. The number of rotatable bonds is 3. The first kappa shape index (κ1) is 11.9. The van der Waals surface area contributed by atoms with E-state index >= 15 is 0 Å². The minimum absolute atomic E-state index is 0.376. The fourth-order valence-corrected chi connectivity index (χ4v) is 1.05. The summed E-state index contributed by atoms with van der Waals surface area (Å²) in [5, 5.41) is 18.7. The van der Waals surface area contributed by atoms with E-state index in [0.717, 1.165) is 0 Å². The molecule has 0 saturated heterocycles. The number of hydrogen-bond donors (Lipinski definition) is 0. The number of aromatic nitrogens is 1. The molecule has 0 bridgehead atoms. The van der Waals surface area contributed by atoms with Gasteiger partial charge < -0.3 is 0 Å². The Balaban J connectivity index is 3.38. The van der Waals surface area contributed by atoms with Gasteiger partial charge in [0.25, 0.3) is 12.1 Å². The Morgan fingerprint density at radius 1 is 1.62 bits per heavy atom. The van der Waals surface area contributed by atoms with Crippen molar-refractivity contribution in [1.29, 1.82) is 5.26 Å². The highest BCUT2D eigenvalue weighted by Crippen LogP contribution is 2.28. The number of nitriles is 1. The van der Waals surface area contributed by atoms with Crippen molar-refractivity contribution in [1.82, 2.24) is 4.98 Å². The first-order chi connectivity index (χ1) is 7.47. The van der Waals surface area contributed by atoms with Crippen molar-refractivity contribution >= 4 is 5.69 Å². The zero-order valence-electron chi connectivity index (χ0n) is 7.65. The van der Waals surface area contributed by atoms with E-state index in [4.69, 9.17) is 5.26 Å². The van der Waals surface area contributed by atoms with Gasteiger partial charge in [-0.3, -0.25) is 10.1 Å². The number of halogens is 3. The quantitative estimate of drug-likeness (QED) is 0.453. The van der Waals surface area contributed by atoms with Crippen molar-refractivity contribution in [2.45, 2.75) is 12.8 Å². The molecule has 16 heavy (non-hydrogen) atoms. The van der Waals surface area contributed by atoms with E-state index in [1.54, 1.807) is 6.07 Å². The van der Waals surface area contributed by atoms with Crippen LogP contribution < -0.4 is 0 Å². The van der Waals surface area contributed by atoms with Crippen molar-refractivity contribution in [3.63, 3.8) is 0 Å². The third kappa shape index (κ3) is 2.25. The summed E-state index contributed by atoms with van der Waals surface area (Å²) in [6.45, 7) is 0. The van der Waals surface area contributed by atoms with E-state index in [9.17, 15) is 23.3 Å². The molecule has 1 rings (SSSR count). The number of pyridine rings is 1. The van der Waals surface area contributed by atoms with Gasteiger partial charge in [-0.1, -0.05) is 0 Å².